The molecule has 1 aliphatic rings. The summed E-state index contributed by atoms with van der Waals surface area (Å²) in [5, 5.41) is 0. The molecule has 0 spiro atoms. The van der Waals surface area contributed by atoms with Crippen molar-refractivity contribution >= 4 is 18.0 Å². The number of hydrogen-bond donors (Lipinski definition) is 0. The SMILES string of the molecule is CC1(C)CC1(C)C(=O)Oc1ccc(OC(=O)/C=C/c2ccc(-c3ccccc3)cc2)cc1. The molecular formula is C28H26O4. The summed E-state index contributed by atoms with van der Waals surface area (Å²) in [7, 11) is 0. The molecular weight excluding hydrogens is 400 g/mol. The molecule has 4 rings (SSSR count). The van der Waals surface area contributed by atoms with Crippen LogP contribution in [0.1, 0.15) is 32.8 Å². The lowest BCUT2D eigenvalue weighted by Crippen LogP contribution is -2.23. The Hall–Kier alpha value is -3.66. The molecule has 1 fully saturated rings. The van der Waals surface area contributed by atoms with E-state index in [1.54, 1.807) is 30.3 Å². The minimum Gasteiger partial charge on any atom is -0.426 e. The molecule has 1 saturated carbocycles. The molecule has 3 aromatic rings. The van der Waals surface area contributed by atoms with Gasteiger partial charge in [0.1, 0.15) is 11.5 Å². The Labute approximate surface area is 188 Å². The highest BCUT2D eigenvalue weighted by Crippen LogP contribution is 2.63. The van der Waals surface area contributed by atoms with Crippen molar-refractivity contribution in [3.05, 3.63) is 90.5 Å². The first-order valence-corrected chi connectivity index (χ1v) is 10.6. The Bertz CT molecular complexity index is 1140. The van der Waals surface area contributed by atoms with Crippen LogP contribution >= 0.6 is 0 Å². The van der Waals surface area contributed by atoms with E-state index >= 15 is 0 Å². The van der Waals surface area contributed by atoms with E-state index in [0.717, 1.165) is 23.1 Å². The first-order valence-electron chi connectivity index (χ1n) is 10.6. The van der Waals surface area contributed by atoms with Gasteiger partial charge in [0.05, 0.1) is 5.41 Å². The van der Waals surface area contributed by atoms with Gasteiger partial charge in [-0.15, -0.1) is 0 Å². The predicted molar refractivity (Wildman–Crippen MR) is 125 cm³/mol. The molecule has 1 unspecified atom stereocenters. The van der Waals surface area contributed by atoms with Gasteiger partial charge in [0.25, 0.3) is 0 Å². The fourth-order valence-corrected chi connectivity index (χ4v) is 3.72. The van der Waals surface area contributed by atoms with Crippen LogP contribution in [-0.4, -0.2) is 11.9 Å². The van der Waals surface area contributed by atoms with Crippen LogP contribution in [0.25, 0.3) is 17.2 Å². The maximum Gasteiger partial charge on any atom is 0.336 e. The van der Waals surface area contributed by atoms with Crippen molar-refractivity contribution in [1.29, 1.82) is 0 Å². The average molecular weight is 427 g/mol. The first kappa shape index (κ1) is 21.6. The molecule has 0 aromatic heterocycles. The van der Waals surface area contributed by atoms with Gasteiger partial charge in [-0.1, -0.05) is 68.4 Å². The summed E-state index contributed by atoms with van der Waals surface area (Å²) < 4.78 is 10.8. The number of carbonyl (C=O) groups excluding carboxylic acids is 2. The fourth-order valence-electron chi connectivity index (χ4n) is 3.72. The number of hydrogen-bond acceptors (Lipinski definition) is 4. The van der Waals surface area contributed by atoms with E-state index in [4.69, 9.17) is 9.47 Å². The van der Waals surface area contributed by atoms with Gasteiger partial charge >= 0.3 is 11.9 Å². The van der Waals surface area contributed by atoms with Crippen molar-refractivity contribution in [1.82, 2.24) is 0 Å². The highest BCUT2D eigenvalue weighted by atomic mass is 16.5. The lowest BCUT2D eigenvalue weighted by Gasteiger charge is -2.13. The molecule has 0 bridgehead atoms. The fraction of sp³-hybridized carbons (Fsp3) is 0.214. The van der Waals surface area contributed by atoms with Gasteiger partial charge in [0, 0.05) is 6.08 Å². The number of esters is 2. The first-order chi connectivity index (χ1) is 15.3. The molecule has 162 valence electrons. The van der Waals surface area contributed by atoms with Gasteiger partial charge < -0.3 is 9.47 Å². The van der Waals surface area contributed by atoms with E-state index in [2.05, 4.69) is 26.0 Å². The Balaban J connectivity index is 1.31. The van der Waals surface area contributed by atoms with E-state index < -0.39 is 11.4 Å². The standard InChI is InChI=1S/C28H26O4/c1-27(2)19-28(27,3)26(30)32-24-16-14-23(15-17-24)31-25(29)18-11-20-9-12-22(13-10-20)21-7-5-4-6-8-21/h4-18H,19H2,1-3H3/b18-11+. The van der Waals surface area contributed by atoms with Crippen LogP contribution in [0.2, 0.25) is 0 Å². The summed E-state index contributed by atoms with van der Waals surface area (Å²) in [5.41, 5.74) is 2.69. The highest BCUT2D eigenvalue weighted by Gasteiger charge is 2.63. The summed E-state index contributed by atoms with van der Waals surface area (Å²) in [5.74, 6) is 0.118. The summed E-state index contributed by atoms with van der Waals surface area (Å²) in [6.45, 7) is 6.04. The van der Waals surface area contributed by atoms with Gasteiger partial charge in [-0.2, -0.15) is 0 Å². The van der Waals surface area contributed by atoms with Crippen LogP contribution < -0.4 is 9.47 Å². The summed E-state index contributed by atoms with van der Waals surface area (Å²) >= 11 is 0. The second-order valence-electron chi connectivity index (χ2n) is 9.00. The number of ether oxygens (including phenoxy) is 2. The zero-order valence-corrected chi connectivity index (χ0v) is 18.5. The summed E-state index contributed by atoms with van der Waals surface area (Å²) in [4.78, 5) is 24.5. The second kappa shape index (κ2) is 8.46. The monoisotopic (exact) mass is 426 g/mol. The van der Waals surface area contributed by atoms with Crippen molar-refractivity contribution in [3.8, 4) is 22.6 Å². The van der Waals surface area contributed by atoms with Crippen LogP contribution in [-0.2, 0) is 9.59 Å². The Morgan fingerprint density at radius 2 is 1.28 bits per heavy atom. The number of rotatable bonds is 6. The van der Waals surface area contributed by atoms with Crippen LogP contribution in [0.3, 0.4) is 0 Å². The van der Waals surface area contributed by atoms with Gasteiger partial charge in [-0.05, 0) is 65.8 Å². The normalized spacial score (nSPS) is 18.8. The largest absolute Gasteiger partial charge is 0.426 e. The van der Waals surface area contributed by atoms with Crippen LogP contribution in [0, 0.1) is 10.8 Å². The quantitative estimate of drug-likeness (QED) is 0.263. The van der Waals surface area contributed by atoms with E-state index in [1.165, 1.54) is 6.08 Å². The second-order valence-corrected chi connectivity index (χ2v) is 9.00. The summed E-state index contributed by atoms with van der Waals surface area (Å²) in [6.07, 6.45) is 3.92. The van der Waals surface area contributed by atoms with Crippen molar-refractivity contribution in [3.63, 3.8) is 0 Å². The predicted octanol–water partition coefficient (Wildman–Crippen LogP) is 6.31. The molecule has 3 aromatic carbocycles. The van der Waals surface area contributed by atoms with Crippen LogP contribution in [0.15, 0.2) is 84.9 Å². The molecule has 32 heavy (non-hydrogen) atoms. The molecule has 0 radical (unpaired) electrons. The third kappa shape index (κ3) is 4.65. The molecule has 0 saturated heterocycles. The van der Waals surface area contributed by atoms with Crippen molar-refractivity contribution in [2.45, 2.75) is 27.2 Å². The molecule has 0 amide bonds. The molecule has 1 aliphatic carbocycles. The Morgan fingerprint density at radius 1 is 0.750 bits per heavy atom. The number of carbonyl (C=O) groups is 2. The molecule has 4 heteroatoms. The Kier molecular flexibility index (Phi) is 5.70. The van der Waals surface area contributed by atoms with E-state index in [-0.39, 0.29) is 11.4 Å². The smallest absolute Gasteiger partial charge is 0.336 e. The van der Waals surface area contributed by atoms with E-state index in [9.17, 15) is 9.59 Å². The molecule has 0 heterocycles. The van der Waals surface area contributed by atoms with Gasteiger partial charge in [0.2, 0.25) is 0 Å². The third-order valence-corrected chi connectivity index (χ3v) is 6.30. The number of benzene rings is 3. The Morgan fingerprint density at radius 3 is 1.84 bits per heavy atom. The molecule has 1 atom stereocenters. The highest BCUT2D eigenvalue weighted by molar-refractivity contribution is 5.89. The van der Waals surface area contributed by atoms with Crippen LogP contribution in [0.4, 0.5) is 0 Å². The minimum atomic E-state index is -0.478. The van der Waals surface area contributed by atoms with E-state index in [0.29, 0.717) is 11.5 Å². The topological polar surface area (TPSA) is 52.6 Å². The third-order valence-electron chi connectivity index (χ3n) is 6.30. The maximum atomic E-state index is 12.4. The van der Waals surface area contributed by atoms with Crippen LogP contribution in [0.5, 0.6) is 11.5 Å². The molecule has 4 nitrogen and oxygen atoms in total. The zero-order chi connectivity index (χ0) is 22.8. The van der Waals surface area contributed by atoms with Crippen molar-refractivity contribution in [2.75, 3.05) is 0 Å². The van der Waals surface area contributed by atoms with E-state index in [1.807, 2.05) is 49.4 Å². The minimum absolute atomic E-state index is 0.0340. The summed E-state index contributed by atoms with van der Waals surface area (Å²) in [6, 6.07) is 24.5. The van der Waals surface area contributed by atoms with Gasteiger partial charge in [-0.3, -0.25) is 4.79 Å². The van der Waals surface area contributed by atoms with Crippen molar-refractivity contribution in [2.24, 2.45) is 10.8 Å². The lowest BCUT2D eigenvalue weighted by atomic mass is 9.98. The molecule has 0 aliphatic heterocycles. The average Bonchev–Trinajstić information content (AvgIpc) is 3.33. The lowest BCUT2D eigenvalue weighted by molar-refractivity contribution is -0.141. The van der Waals surface area contributed by atoms with Gasteiger partial charge in [0.15, 0.2) is 0 Å². The maximum absolute atomic E-state index is 12.4. The van der Waals surface area contributed by atoms with Crippen molar-refractivity contribution < 1.29 is 19.1 Å². The molecule has 0 N–H and O–H groups in total. The zero-order valence-electron chi connectivity index (χ0n) is 18.5. The van der Waals surface area contributed by atoms with Gasteiger partial charge in [-0.25, -0.2) is 4.79 Å².